The van der Waals surface area contributed by atoms with E-state index in [0.717, 1.165) is 11.1 Å². The van der Waals surface area contributed by atoms with Crippen molar-refractivity contribution in [3.05, 3.63) is 85.4 Å². The third kappa shape index (κ3) is 3.67. The van der Waals surface area contributed by atoms with Crippen molar-refractivity contribution in [3.8, 4) is 0 Å². The highest BCUT2D eigenvalue weighted by molar-refractivity contribution is 7.08. The van der Waals surface area contributed by atoms with Gasteiger partial charge in [0.25, 0.3) is 11.5 Å². The molecule has 116 valence electrons. The number of carbonyl (C=O) groups is 1. The summed E-state index contributed by atoms with van der Waals surface area (Å²) in [6, 6.07) is 11.6. The van der Waals surface area contributed by atoms with E-state index in [-0.39, 0.29) is 23.2 Å². The maximum atomic E-state index is 12.4. The first-order valence-electron chi connectivity index (χ1n) is 6.77. The van der Waals surface area contributed by atoms with Crippen molar-refractivity contribution < 1.29 is 4.79 Å². The van der Waals surface area contributed by atoms with Crippen molar-refractivity contribution >= 4 is 28.8 Å². The molecule has 0 fully saturated rings. The van der Waals surface area contributed by atoms with Gasteiger partial charge >= 0.3 is 0 Å². The summed E-state index contributed by atoms with van der Waals surface area (Å²) in [4.78, 5) is 23.4. The molecular formula is C16H12ClN3O2S. The number of nitrogens with zero attached hydrogens (tertiary/aromatic N) is 1. The van der Waals surface area contributed by atoms with Gasteiger partial charge < -0.3 is 5.32 Å². The van der Waals surface area contributed by atoms with Gasteiger partial charge in [0.1, 0.15) is 5.69 Å². The summed E-state index contributed by atoms with van der Waals surface area (Å²) in [5.74, 6) is -0.368. The molecule has 0 saturated heterocycles. The van der Waals surface area contributed by atoms with Gasteiger partial charge in [0.2, 0.25) is 0 Å². The fraction of sp³-hybridized carbons (Fsp3) is 0.0625. The largest absolute Gasteiger partial charge is 0.340 e. The highest BCUT2D eigenvalue weighted by Crippen LogP contribution is 2.25. The summed E-state index contributed by atoms with van der Waals surface area (Å²) >= 11 is 7.48. The van der Waals surface area contributed by atoms with Gasteiger partial charge in [-0.2, -0.15) is 16.4 Å². The average molecular weight is 346 g/mol. The molecule has 2 N–H and O–H groups in total. The smallest absolute Gasteiger partial charge is 0.272 e. The van der Waals surface area contributed by atoms with Crippen LogP contribution >= 0.6 is 22.9 Å². The van der Waals surface area contributed by atoms with Crippen molar-refractivity contribution in [2.45, 2.75) is 6.04 Å². The number of hydrogen-bond donors (Lipinski definition) is 2. The molecule has 0 unspecified atom stereocenters. The molecule has 2 aromatic heterocycles. The van der Waals surface area contributed by atoms with Gasteiger partial charge in [-0.15, -0.1) is 0 Å². The van der Waals surface area contributed by atoms with Crippen LogP contribution in [0.15, 0.2) is 58.0 Å². The Bertz CT molecular complexity index is 839. The zero-order valence-electron chi connectivity index (χ0n) is 11.8. The molecule has 0 aliphatic carbocycles. The lowest BCUT2D eigenvalue weighted by molar-refractivity contribution is 0.0937. The number of rotatable bonds is 4. The van der Waals surface area contributed by atoms with Gasteiger partial charge in [-0.3, -0.25) is 9.59 Å². The second-order valence-electron chi connectivity index (χ2n) is 4.82. The SMILES string of the molecule is O=C(N[C@@H](c1ccc(Cl)cc1)c1ccsc1)c1ccc(=O)[nH]n1. The molecule has 3 aromatic rings. The van der Waals surface area contributed by atoms with Crippen LogP contribution in [0.2, 0.25) is 5.02 Å². The van der Waals surface area contributed by atoms with Crippen molar-refractivity contribution in [1.82, 2.24) is 15.5 Å². The molecule has 1 aromatic carbocycles. The van der Waals surface area contributed by atoms with E-state index in [4.69, 9.17) is 11.6 Å². The number of thiophene rings is 1. The van der Waals surface area contributed by atoms with Crippen LogP contribution in [0.3, 0.4) is 0 Å². The van der Waals surface area contributed by atoms with E-state index >= 15 is 0 Å². The van der Waals surface area contributed by atoms with E-state index in [0.29, 0.717) is 5.02 Å². The lowest BCUT2D eigenvalue weighted by Crippen LogP contribution is -2.30. The fourth-order valence-electron chi connectivity index (χ4n) is 2.13. The maximum Gasteiger partial charge on any atom is 0.272 e. The molecule has 0 aliphatic heterocycles. The van der Waals surface area contributed by atoms with Crippen LogP contribution in [0, 0.1) is 0 Å². The molecule has 3 rings (SSSR count). The topological polar surface area (TPSA) is 74.8 Å². The number of carbonyl (C=O) groups excluding carboxylic acids is 1. The maximum absolute atomic E-state index is 12.4. The molecule has 0 radical (unpaired) electrons. The molecule has 0 bridgehead atoms. The zero-order chi connectivity index (χ0) is 16.2. The number of benzene rings is 1. The summed E-state index contributed by atoms with van der Waals surface area (Å²) in [6.45, 7) is 0. The van der Waals surface area contributed by atoms with Gasteiger partial charge in [-0.1, -0.05) is 23.7 Å². The van der Waals surface area contributed by atoms with Crippen LogP contribution < -0.4 is 10.9 Å². The second-order valence-corrected chi connectivity index (χ2v) is 6.04. The normalized spacial score (nSPS) is 11.9. The molecule has 0 spiro atoms. The van der Waals surface area contributed by atoms with Gasteiger partial charge in [0.15, 0.2) is 0 Å². The van der Waals surface area contributed by atoms with Crippen molar-refractivity contribution in [2.75, 3.05) is 0 Å². The Hall–Kier alpha value is -2.44. The van der Waals surface area contributed by atoms with E-state index in [1.165, 1.54) is 12.1 Å². The predicted octanol–water partition coefficient (Wildman–Crippen LogP) is 3.00. The monoisotopic (exact) mass is 345 g/mol. The van der Waals surface area contributed by atoms with Crippen LogP contribution in [0.1, 0.15) is 27.7 Å². The lowest BCUT2D eigenvalue weighted by Gasteiger charge is -2.18. The van der Waals surface area contributed by atoms with Gasteiger partial charge in [-0.05, 0) is 46.2 Å². The van der Waals surface area contributed by atoms with E-state index in [1.54, 1.807) is 23.5 Å². The highest BCUT2D eigenvalue weighted by atomic mass is 35.5. The Morgan fingerprint density at radius 2 is 1.91 bits per heavy atom. The summed E-state index contributed by atoms with van der Waals surface area (Å²) in [5.41, 5.74) is 1.67. The van der Waals surface area contributed by atoms with Crippen LogP contribution in [-0.2, 0) is 0 Å². The quantitative estimate of drug-likeness (QED) is 0.763. The third-order valence-corrected chi connectivity index (χ3v) is 4.22. The number of hydrogen-bond acceptors (Lipinski definition) is 4. The minimum Gasteiger partial charge on any atom is -0.340 e. The van der Waals surface area contributed by atoms with Crippen LogP contribution in [0.25, 0.3) is 0 Å². The standard InChI is InChI=1S/C16H12ClN3O2S/c17-12-3-1-10(2-4-12)15(11-7-8-23-9-11)18-16(22)13-5-6-14(21)20-19-13/h1-9,15H,(H,18,22)(H,20,21)/t15-/m0/s1. The summed E-state index contributed by atoms with van der Waals surface area (Å²) in [7, 11) is 0. The minimum absolute atomic E-state index is 0.152. The first-order valence-corrected chi connectivity index (χ1v) is 8.10. The molecule has 1 atom stereocenters. The van der Waals surface area contributed by atoms with Crippen molar-refractivity contribution in [2.24, 2.45) is 0 Å². The zero-order valence-corrected chi connectivity index (χ0v) is 13.4. The van der Waals surface area contributed by atoms with E-state index < -0.39 is 0 Å². The Morgan fingerprint density at radius 3 is 2.52 bits per heavy atom. The van der Waals surface area contributed by atoms with Crippen LogP contribution in [0.5, 0.6) is 0 Å². The fourth-order valence-corrected chi connectivity index (χ4v) is 2.94. The summed E-state index contributed by atoms with van der Waals surface area (Å²) in [6.07, 6.45) is 0. The Balaban J connectivity index is 1.90. The Kier molecular flexibility index (Phi) is 4.55. The number of aromatic amines is 1. The summed E-state index contributed by atoms with van der Waals surface area (Å²) in [5, 5.41) is 13.5. The molecule has 23 heavy (non-hydrogen) atoms. The first-order chi connectivity index (χ1) is 11.1. The lowest BCUT2D eigenvalue weighted by atomic mass is 10.0. The third-order valence-electron chi connectivity index (χ3n) is 3.27. The van der Waals surface area contributed by atoms with Gasteiger partial charge in [-0.25, -0.2) is 5.10 Å². The average Bonchev–Trinajstić information content (AvgIpc) is 3.08. The number of H-pyrrole nitrogens is 1. The molecular weight excluding hydrogens is 334 g/mol. The van der Waals surface area contributed by atoms with Crippen LogP contribution in [-0.4, -0.2) is 16.1 Å². The molecule has 5 nitrogen and oxygen atoms in total. The second kappa shape index (κ2) is 6.76. The number of halogens is 1. The highest BCUT2D eigenvalue weighted by Gasteiger charge is 2.19. The molecule has 2 heterocycles. The molecule has 7 heteroatoms. The Labute approximate surface area is 140 Å². The van der Waals surface area contributed by atoms with Gasteiger partial charge in [0.05, 0.1) is 6.04 Å². The molecule has 0 aliphatic rings. The van der Waals surface area contributed by atoms with Crippen molar-refractivity contribution in [3.63, 3.8) is 0 Å². The van der Waals surface area contributed by atoms with E-state index in [1.807, 2.05) is 29.0 Å². The van der Waals surface area contributed by atoms with Crippen LogP contribution in [0.4, 0.5) is 0 Å². The van der Waals surface area contributed by atoms with Gasteiger partial charge in [0, 0.05) is 11.1 Å². The molecule has 1 amide bonds. The number of amides is 1. The minimum atomic E-state index is -0.368. The summed E-state index contributed by atoms with van der Waals surface area (Å²) < 4.78 is 0. The first kappa shape index (κ1) is 15.5. The van der Waals surface area contributed by atoms with Crippen molar-refractivity contribution in [1.29, 1.82) is 0 Å². The molecule has 0 saturated carbocycles. The Morgan fingerprint density at radius 1 is 1.13 bits per heavy atom. The number of aromatic nitrogens is 2. The predicted molar refractivity (Wildman–Crippen MR) is 89.9 cm³/mol. The van der Waals surface area contributed by atoms with E-state index in [9.17, 15) is 9.59 Å². The van der Waals surface area contributed by atoms with E-state index in [2.05, 4.69) is 15.5 Å². The number of nitrogens with one attached hydrogen (secondary N) is 2.